The Hall–Kier alpha value is -3.33. The van der Waals surface area contributed by atoms with Crippen LogP contribution in [-0.4, -0.2) is 35.8 Å². The molecule has 0 bridgehead atoms. The minimum atomic E-state index is -0.295. The summed E-state index contributed by atoms with van der Waals surface area (Å²) in [6.45, 7) is 0.258. The number of ether oxygens (including phenoxy) is 2. The molecule has 1 heterocycles. The lowest BCUT2D eigenvalue weighted by Crippen LogP contribution is -2.15. The lowest BCUT2D eigenvalue weighted by molar-refractivity contribution is -0.113. The molecule has 0 saturated heterocycles. The maximum Gasteiger partial charge on any atom is 0.234 e. The van der Waals surface area contributed by atoms with Crippen molar-refractivity contribution >= 4 is 29.2 Å². The first-order valence-corrected chi connectivity index (χ1v) is 10.0. The van der Waals surface area contributed by atoms with E-state index in [1.165, 1.54) is 31.1 Å². The zero-order valence-corrected chi connectivity index (χ0v) is 17.3. The van der Waals surface area contributed by atoms with Gasteiger partial charge in [-0.05, 0) is 18.2 Å². The van der Waals surface area contributed by atoms with Crippen LogP contribution in [0.5, 0.6) is 11.5 Å². The molecule has 0 radical (unpaired) electrons. The van der Waals surface area contributed by atoms with Crippen LogP contribution in [0.1, 0.15) is 5.56 Å². The predicted molar refractivity (Wildman–Crippen MR) is 115 cm³/mol. The van der Waals surface area contributed by atoms with Gasteiger partial charge in [-0.1, -0.05) is 30.0 Å². The van der Waals surface area contributed by atoms with Crippen LogP contribution in [0.4, 0.5) is 15.9 Å². The monoisotopic (exact) mass is 428 g/mol. The van der Waals surface area contributed by atoms with Gasteiger partial charge in [0, 0.05) is 30.6 Å². The van der Waals surface area contributed by atoms with E-state index in [-0.39, 0.29) is 24.0 Å². The van der Waals surface area contributed by atoms with Gasteiger partial charge in [-0.15, -0.1) is 0 Å². The highest BCUT2D eigenvalue weighted by molar-refractivity contribution is 8.00. The summed E-state index contributed by atoms with van der Waals surface area (Å²) >= 11 is 1.23. The fraction of sp³-hybridized carbons (Fsp3) is 0.190. The smallest absolute Gasteiger partial charge is 0.234 e. The molecule has 0 aliphatic carbocycles. The summed E-state index contributed by atoms with van der Waals surface area (Å²) in [5.41, 5.74) is 1.06. The Balaban J connectivity index is 1.61. The average molecular weight is 428 g/mol. The number of nitrogens with zero attached hydrogens (tertiary/aromatic N) is 2. The van der Waals surface area contributed by atoms with Crippen LogP contribution in [0.2, 0.25) is 0 Å². The van der Waals surface area contributed by atoms with Crippen LogP contribution in [-0.2, 0) is 11.3 Å². The predicted octanol–water partition coefficient (Wildman–Crippen LogP) is 3.98. The summed E-state index contributed by atoms with van der Waals surface area (Å²) in [7, 11) is 3.08. The standard InChI is InChI=1S/C21H21FN4O3S/c1-28-15-7-8-17(18(11-15)29-2)26-19(27)13-30-21-20(23-9-10-24-21)25-12-14-5-3-4-6-16(14)22/h3-11H,12-13H2,1-2H3,(H,23,25)(H,26,27). The Labute approximate surface area is 178 Å². The maximum atomic E-state index is 13.8. The SMILES string of the molecule is COc1ccc(NC(=O)CSc2nccnc2NCc2ccccc2F)c(OC)c1. The molecule has 0 unspecified atom stereocenters. The molecule has 3 rings (SSSR count). The first-order valence-electron chi connectivity index (χ1n) is 9.03. The second-order valence-corrected chi connectivity index (χ2v) is 7.02. The molecule has 0 atom stereocenters. The summed E-state index contributed by atoms with van der Waals surface area (Å²) in [6.07, 6.45) is 3.08. The van der Waals surface area contributed by atoms with Crippen LogP contribution in [0.15, 0.2) is 59.9 Å². The van der Waals surface area contributed by atoms with Crippen molar-refractivity contribution in [3.05, 3.63) is 66.2 Å². The van der Waals surface area contributed by atoms with Gasteiger partial charge in [-0.2, -0.15) is 0 Å². The van der Waals surface area contributed by atoms with Gasteiger partial charge in [-0.3, -0.25) is 4.79 Å². The number of halogens is 1. The molecular weight excluding hydrogens is 407 g/mol. The van der Waals surface area contributed by atoms with Crippen LogP contribution < -0.4 is 20.1 Å². The summed E-state index contributed by atoms with van der Waals surface area (Å²) in [5.74, 6) is 1.21. The quantitative estimate of drug-likeness (QED) is 0.499. The Morgan fingerprint density at radius 1 is 1.10 bits per heavy atom. The molecule has 0 aliphatic heterocycles. The molecule has 0 saturated carbocycles. The number of hydrogen-bond donors (Lipinski definition) is 2. The first-order chi connectivity index (χ1) is 14.6. The van der Waals surface area contributed by atoms with E-state index < -0.39 is 0 Å². The molecule has 2 N–H and O–H groups in total. The molecule has 0 aliphatic rings. The molecule has 1 amide bonds. The zero-order chi connectivity index (χ0) is 21.3. The van der Waals surface area contributed by atoms with E-state index in [1.54, 1.807) is 49.7 Å². The number of carbonyl (C=O) groups is 1. The molecule has 7 nitrogen and oxygen atoms in total. The third-order valence-corrected chi connectivity index (χ3v) is 5.07. The number of methoxy groups -OCH3 is 2. The number of aromatic nitrogens is 2. The van der Waals surface area contributed by atoms with E-state index in [0.717, 1.165) is 0 Å². The lowest BCUT2D eigenvalue weighted by atomic mass is 10.2. The molecular formula is C21H21FN4O3S. The Kier molecular flexibility index (Phi) is 7.45. The first kappa shape index (κ1) is 21.4. The maximum absolute atomic E-state index is 13.8. The highest BCUT2D eigenvalue weighted by Crippen LogP contribution is 2.29. The largest absolute Gasteiger partial charge is 0.497 e. The third-order valence-electron chi connectivity index (χ3n) is 4.09. The van der Waals surface area contributed by atoms with Gasteiger partial charge >= 0.3 is 0 Å². The van der Waals surface area contributed by atoms with Gasteiger partial charge in [0.1, 0.15) is 22.3 Å². The van der Waals surface area contributed by atoms with Crippen molar-refractivity contribution in [1.29, 1.82) is 0 Å². The van der Waals surface area contributed by atoms with Crippen molar-refractivity contribution < 1.29 is 18.7 Å². The van der Waals surface area contributed by atoms with Crippen molar-refractivity contribution in [2.45, 2.75) is 11.6 Å². The van der Waals surface area contributed by atoms with Crippen LogP contribution >= 0.6 is 11.8 Å². The van der Waals surface area contributed by atoms with Gasteiger partial charge in [-0.25, -0.2) is 14.4 Å². The Bertz CT molecular complexity index is 1020. The highest BCUT2D eigenvalue weighted by Gasteiger charge is 2.12. The fourth-order valence-corrected chi connectivity index (χ4v) is 3.33. The van der Waals surface area contributed by atoms with Crippen molar-refractivity contribution in [3.63, 3.8) is 0 Å². The molecule has 1 aromatic heterocycles. The molecule has 0 spiro atoms. The number of nitrogens with one attached hydrogen (secondary N) is 2. The summed E-state index contributed by atoms with van der Waals surface area (Å²) < 4.78 is 24.3. The fourth-order valence-electron chi connectivity index (χ4n) is 2.59. The van der Waals surface area contributed by atoms with Crippen LogP contribution in [0.3, 0.4) is 0 Å². The number of hydrogen-bond acceptors (Lipinski definition) is 7. The van der Waals surface area contributed by atoms with E-state index in [0.29, 0.717) is 33.6 Å². The van der Waals surface area contributed by atoms with E-state index in [2.05, 4.69) is 20.6 Å². The zero-order valence-electron chi connectivity index (χ0n) is 16.5. The summed E-state index contributed by atoms with van der Waals surface area (Å²) in [4.78, 5) is 20.9. The van der Waals surface area contributed by atoms with Crippen LogP contribution in [0, 0.1) is 5.82 Å². The van der Waals surface area contributed by atoms with Crippen molar-refractivity contribution in [2.24, 2.45) is 0 Å². The lowest BCUT2D eigenvalue weighted by Gasteiger charge is -2.12. The third kappa shape index (κ3) is 5.60. The van der Waals surface area contributed by atoms with Gasteiger partial charge in [0.05, 0.1) is 25.7 Å². The molecule has 2 aromatic carbocycles. The number of anilines is 2. The van der Waals surface area contributed by atoms with E-state index in [1.807, 2.05) is 0 Å². The van der Waals surface area contributed by atoms with Gasteiger partial charge < -0.3 is 20.1 Å². The van der Waals surface area contributed by atoms with Crippen molar-refractivity contribution in [1.82, 2.24) is 9.97 Å². The molecule has 156 valence electrons. The van der Waals surface area contributed by atoms with Gasteiger partial charge in [0.25, 0.3) is 0 Å². The number of rotatable bonds is 9. The second-order valence-electron chi connectivity index (χ2n) is 6.06. The molecule has 0 fully saturated rings. The van der Waals surface area contributed by atoms with E-state index >= 15 is 0 Å². The Morgan fingerprint density at radius 3 is 2.67 bits per heavy atom. The number of amides is 1. The van der Waals surface area contributed by atoms with E-state index in [4.69, 9.17) is 9.47 Å². The van der Waals surface area contributed by atoms with Crippen molar-refractivity contribution in [2.75, 3.05) is 30.6 Å². The number of carbonyl (C=O) groups excluding carboxylic acids is 1. The number of thioether (sulfide) groups is 1. The van der Waals surface area contributed by atoms with Gasteiger partial charge in [0.15, 0.2) is 5.82 Å². The summed E-state index contributed by atoms with van der Waals surface area (Å²) in [6, 6.07) is 11.6. The minimum Gasteiger partial charge on any atom is -0.497 e. The normalized spacial score (nSPS) is 10.4. The average Bonchev–Trinajstić information content (AvgIpc) is 2.78. The van der Waals surface area contributed by atoms with Crippen molar-refractivity contribution in [3.8, 4) is 11.5 Å². The topological polar surface area (TPSA) is 85.4 Å². The van der Waals surface area contributed by atoms with Crippen LogP contribution in [0.25, 0.3) is 0 Å². The minimum absolute atomic E-state index is 0.113. The Morgan fingerprint density at radius 2 is 1.90 bits per heavy atom. The second kappa shape index (κ2) is 10.4. The van der Waals surface area contributed by atoms with E-state index in [9.17, 15) is 9.18 Å². The number of benzene rings is 2. The molecule has 9 heteroatoms. The summed E-state index contributed by atoms with van der Waals surface area (Å²) in [5, 5.41) is 6.43. The molecule has 30 heavy (non-hydrogen) atoms. The van der Waals surface area contributed by atoms with Gasteiger partial charge in [0.2, 0.25) is 5.91 Å². The molecule has 3 aromatic rings. The highest BCUT2D eigenvalue weighted by atomic mass is 32.2.